The fourth-order valence-corrected chi connectivity index (χ4v) is 2.63. The van der Waals surface area contributed by atoms with Crippen LogP contribution < -0.4 is 14.2 Å². The molecule has 7 heteroatoms. The van der Waals surface area contributed by atoms with E-state index in [0.29, 0.717) is 33.9 Å². The maximum atomic E-state index is 12.3. The number of ether oxygens (including phenoxy) is 3. The van der Waals surface area contributed by atoms with Crippen LogP contribution in [0, 0.1) is 0 Å². The molecule has 25 heavy (non-hydrogen) atoms. The highest BCUT2D eigenvalue weighted by Crippen LogP contribution is 2.35. The number of imide groups is 1. The van der Waals surface area contributed by atoms with Crippen molar-refractivity contribution < 1.29 is 28.6 Å². The quantitative estimate of drug-likeness (QED) is 0.750. The maximum Gasteiger partial charge on any atom is 0.285 e. The molecule has 3 rings (SSSR count). The van der Waals surface area contributed by atoms with E-state index in [1.807, 2.05) is 0 Å². The minimum Gasteiger partial charge on any atom is -0.496 e. The highest BCUT2D eigenvalue weighted by atomic mass is 16.7. The Kier molecular flexibility index (Phi) is 4.58. The fraction of sp³-hybridized carbons (Fsp3) is 0.222. The second-order valence-electron chi connectivity index (χ2n) is 5.23. The molecule has 2 aromatic carbocycles. The summed E-state index contributed by atoms with van der Waals surface area (Å²) in [5, 5.41) is 0.758. The van der Waals surface area contributed by atoms with Gasteiger partial charge in [0, 0.05) is 12.1 Å². The SMILES string of the molecule is COc1cc(OC)c(CON2C(=O)c3ccccc3C2=O)c(OC)c1. The van der Waals surface area contributed by atoms with Gasteiger partial charge in [0.1, 0.15) is 23.9 Å². The lowest BCUT2D eigenvalue weighted by Gasteiger charge is -2.18. The standard InChI is InChI=1S/C18H17NO6/c1-22-11-8-15(23-2)14(16(9-11)24-3)10-25-19-17(20)12-6-4-5-7-13(12)18(19)21/h4-9H,10H2,1-3H3. The number of hydrogen-bond donors (Lipinski definition) is 0. The second kappa shape index (κ2) is 6.82. The average Bonchev–Trinajstić information content (AvgIpc) is 2.90. The Morgan fingerprint density at radius 2 is 1.36 bits per heavy atom. The average molecular weight is 343 g/mol. The number of carbonyl (C=O) groups is 2. The third-order valence-electron chi connectivity index (χ3n) is 3.91. The van der Waals surface area contributed by atoms with Crippen LogP contribution in [0.25, 0.3) is 0 Å². The summed E-state index contributed by atoms with van der Waals surface area (Å²) in [6.07, 6.45) is 0. The summed E-state index contributed by atoms with van der Waals surface area (Å²) in [4.78, 5) is 30.2. The van der Waals surface area contributed by atoms with Crippen LogP contribution in [0.4, 0.5) is 0 Å². The summed E-state index contributed by atoms with van der Waals surface area (Å²) in [7, 11) is 4.53. The summed E-state index contributed by atoms with van der Waals surface area (Å²) >= 11 is 0. The number of hydroxylamine groups is 2. The summed E-state index contributed by atoms with van der Waals surface area (Å²) in [6, 6.07) is 9.92. The maximum absolute atomic E-state index is 12.3. The van der Waals surface area contributed by atoms with Crippen molar-refractivity contribution >= 4 is 11.8 Å². The number of benzene rings is 2. The van der Waals surface area contributed by atoms with E-state index in [1.54, 1.807) is 36.4 Å². The largest absolute Gasteiger partial charge is 0.496 e. The topological polar surface area (TPSA) is 74.3 Å². The zero-order valence-corrected chi connectivity index (χ0v) is 14.1. The summed E-state index contributed by atoms with van der Waals surface area (Å²) in [5.74, 6) is 0.498. The van der Waals surface area contributed by atoms with E-state index in [1.165, 1.54) is 21.3 Å². The Hall–Kier alpha value is -3.06. The van der Waals surface area contributed by atoms with Gasteiger partial charge in [-0.05, 0) is 12.1 Å². The number of rotatable bonds is 6. The predicted octanol–water partition coefficient (Wildman–Crippen LogP) is 2.44. The molecule has 0 N–H and O–H groups in total. The molecule has 0 fully saturated rings. The van der Waals surface area contributed by atoms with Gasteiger partial charge in [0.25, 0.3) is 11.8 Å². The zero-order valence-electron chi connectivity index (χ0n) is 14.1. The molecule has 0 radical (unpaired) electrons. The first-order chi connectivity index (χ1) is 12.1. The number of methoxy groups -OCH3 is 3. The predicted molar refractivity (Wildman–Crippen MR) is 87.8 cm³/mol. The minimum absolute atomic E-state index is 0.0815. The van der Waals surface area contributed by atoms with Crippen molar-refractivity contribution in [3.63, 3.8) is 0 Å². The molecule has 0 atom stereocenters. The molecule has 0 aliphatic carbocycles. The van der Waals surface area contributed by atoms with E-state index < -0.39 is 11.8 Å². The molecule has 0 spiro atoms. The normalized spacial score (nSPS) is 13.0. The first-order valence-electron chi connectivity index (χ1n) is 7.50. The molecule has 130 valence electrons. The van der Waals surface area contributed by atoms with Gasteiger partial charge in [-0.2, -0.15) is 0 Å². The highest BCUT2D eigenvalue weighted by molar-refractivity contribution is 6.20. The molecule has 0 saturated heterocycles. The van der Waals surface area contributed by atoms with Crippen LogP contribution in [0.5, 0.6) is 17.2 Å². The summed E-state index contributed by atoms with van der Waals surface area (Å²) < 4.78 is 15.9. The Labute approximate surface area is 144 Å². The van der Waals surface area contributed by atoms with Gasteiger partial charge >= 0.3 is 0 Å². The van der Waals surface area contributed by atoms with Gasteiger partial charge < -0.3 is 14.2 Å². The van der Waals surface area contributed by atoms with Crippen molar-refractivity contribution in [2.45, 2.75) is 6.61 Å². The summed E-state index contributed by atoms with van der Waals surface area (Å²) in [6.45, 7) is -0.0815. The van der Waals surface area contributed by atoms with Crippen molar-refractivity contribution in [2.24, 2.45) is 0 Å². The number of carbonyl (C=O) groups excluding carboxylic acids is 2. The number of fused-ring (bicyclic) bond motifs is 1. The van der Waals surface area contributed by atoms with Crippen LogP contribution in [0.15, 0.2) is 36.4 Å². The van der Waals surface area contributed by atoms with Gasteiger partial charge in [-0.1, -0.05) is 12.1 Å². The van der Waals surface area contributed by atoms with E-state index >= 15 is 0 Å². The van der Waals surface area contributed by atoms with Gasteiger partial charge in [-0.25, -0.2) is 0 Å². The lowest BCUT2D eigenvalue weighted by Crippen LogP contribution is -2.29. The second-order valence-corrected chi connectivity index (χ2v) is 5.23. The van der Waals surface area contributed by atoms with Crippen LogP contribution >= 0.6 is 0 Å². The lowest BCUT2D eigenvalue weighted by molar-refractivity contribution is -0.101. The van der Waals surface area contributed by atoms with Crippen LogP contribution in [0.2, 0.25) is 0 Å². The molecular formula is C18H17NO6. The van der Waals surface area contributed by atoms with E-state index in [-0.39, 0.29) is 6.61 Å². The van der Waals surface area contributed by atoms with Gasteiger partial charge in [0.05, 0.1) is 38.0 Å². The molecule has 2 aromatic rings. The molecule has 1 heterocycles. The van der Waals surface area contributed by atoms with Crippen molar-refractivity contribution in [3.05, 3.63) is 53.1 Å². The van der Waals surface area contributed by atoms with Crippen LogP contribution in [0.1, 0.15) is 26.3 Å². The molecule has 0 unspecified atom stereocenters. The molecule has 0 bridgehead atoms. The minimum atomic E-state index is -0.493. The first kappa shape index (κ1) is 16.8. The van der Waals surface area contributed by atoms with Gasteiger partial charge in [-0.3, -0.25) is 14.4 Å². The molecule has 1 aliphatic heterocycles. The van der Waals surface area contributed by atoms with Crippen molar-refractivity contribution in [1.29, 1.82) is 0 Å². The van der Waals surface area contributed by atoms with Crippen LogP contribution in [-0.4, -0.2) is 38.2 Å². The molecule has 7 nitrogen and oxygen atoms in total. The number of nitrogens with zero attached hydrogens (tertiary/aromatic N) is 1. The van der Waals surface area contributed by atoms with Gasteiger partial charge in [0.2, 0.25) is 0 Å². The van der Waals surface area contributed by atoms with Crippen molar-refractivity contribution in [3.8, 4) is 17.2 Å². The van der Waals surface area contributed by atoms with Crippen molar-refractivity contribution in [2.75, 3.05) is 21.3 Å². The highest BCUT2D eigenvalue weighted by Gasteiger charge is 2.36. The van der Waals surface area contributed by atoms with E-state index in [4.69, 9.17) is 19.0 Å². The molecule has 2 amide bonds. The molecular weight excluding hydrogens is 326 g/mol. The van der Waals surface area contributed by atoms with E-state index in [2.05, 4.69) is 0 Å². The van der Waals surface area contributed by atoms with E-state index in [0.717, 1.165) is 5.06 Å². The summed E-state index contributed by atoms with van der Waals surface area (Å²) in [5.41, 5.74) is 1.20. The molecule has 0 aromatic heterocycles. The molecule has 0 saturated carbocycles. The van der Waals surface area contributed by atoms with Crippen LogP contribution in [0.3, 0.4) is 0 Å². The van der Waals surface area contributed by atoms with Gasteiger partial charge in [0.15, 0.2) is 0 Å². The Bertz CT molecular complexity index is 772. The molecule has 1 aliphatic rings. The monoisotopic (exact) mass is 343 g/mol. The smallest absolute Gasteiger partial charge is 0.285 e. The van der Waals surface area contributed by atoms with Crippen molar-refractivity contribution in [1.82, 2.24) is 5.06 Å². The van der Waals surface area contributed by atoms with E-state index in [9.17, 15) is 9.59 Å². The Morgan fingerprint density at radius 1 is 0.840 bits per heavy atom. The van der Waals surface area contributed by atoms with Crippen LogP contribution in [-0.2, 0) is 11.4 Å². The lowest BCUT2D eigenvalue weighted by atomic mass is 10.1. The fourth-order valence-electron chi connectivity index (χ4n) is 2.63. The number of hydrogen-bond acceptors (Lipinski definition) is 6. The Balaban J connectivity index is 1.85. The first-order valence-corrected chi connectivity index (χ1v) is 7.50. The third-order valence-corrected chi connectivity index (χ3v) is 3.91. The number of amides is 2. The van der Waals surface area contributed by atoms with Gasteiger partial charge in [-0.15, -0.1) is 5.06 Å². The zero-order chi connectivity index (χ0) is 18.0. The Morgan fingerprint density at radius 3 is 1.80 bits per heavy atom. The third kappa shape index (κ3) is 2.89.